The van der Waals surface area contributed by atoms with E-state index in [1.165, 1.54) is 19.1 Å². The van der Waals surface area contributed by atoms with Crippen molar-refractivity contribution in [3.8, 4) is 0 Å². The van der Waals surface area contributed by atoms with Crippen molar-refractivity contribution in [2.75, 3.05) is 6.54 Å². The third-order valence-corrected chi connectivity index (χ3v) is 5.56. The number of hydrogen-bond donors (Lipinski definition) is 2. The molecule has 2 unspecified atom stereocenters. The first-order valence-corrected chi connectivity index (χ1v) is 8.76. The fourth-order valence-electron chi connectivity index (χ4n) is 2.79. The van der Waals surface area contributed by atoms with E-state index in [4.69, 9.17) is 5.73 Å². The Hall–Kier alpha value is -0.950. The molecule has 1 fully saturated rings. The van der Waals surface area contributed by atoms with Gasteiger partial charge in [0.1, 0.15) is 0 Å². The van der Waals surface area contributed by atoms with Gasteiger partial charge in [0.25, 0.3) is 0 Å². The molecule has 0 spiro atoms. The zero-order chi connectivity index (χ0) is 15.5. The Labute approximate surface area is 138 Å². The summed E-state index contributed by atoms with van der Waals surface area (Å²) in [6.07, 6.45) is 3.88. The molecule has 1 saturated carbocycles. The Balaban J connectivity index is 0.00000242. The van der Waals surface area contributed by atoms with Crippen molar-refractivity contribution < 1.29 is 13.2 Å². The molecule has 5 nitrogen and oxygen atoms in total. The average Bonchev–Trinajstić information content (AvgIpc) is 2.47. The third kappa shape index (κ3) is 4.52. The van der Waals surface area contributed by atoms with Gasteiger partial charge in [0.2, 0.25) is 10.0 Å². The predicted molar refractivity (Wildman–Crippen MR) is 88.8 cm³/mol. The minimum Gasteiger partial charge on any atom is -0.330 e. The van der Waals surface area contributed by atoms with E-state index in [-0.39, 0.29) is 35.0 Å². The van der Waals surface area contributed by atoms with E-state index < -0.39 is 10.0 Å². The van der Waals surface area contributed by atoms with Gasteiger partial charge in [0.15, 0.2) is 5.78 Å². The third-order valence-electron chi connectivity index (χ3n) is 4.07. The lowest BCUT2D eigenvalue weighted by atomic mass is 9.85. The lowest BCUT2D eigenvalue weighted by Crippen LogP contribution is -2.44. The highest BCUT2D eigenvalue weighted by Gasteiger charge is 2.28. The van der Waals surface area contributed by atoms with Gasteiger partial charge >= 0.3 is 0 Å². The number of nitrogens with two attached hydrogens (primary N) is 1. The number of carbonyl (C=O) groups excluding carboxylic acids is 1. The van der Waals surface area contributed by atoms with Crippen molar-refractivity contribution in [1.29, 1.82) is 0 Å². The molecule has 1 aliphatic rings. The van der Waals surface area contributed by atoms with E-state index in [0.717, 1.165) is 25.7 Å². The maximum Gasteiger partial charge on any atom is 0.240 e. The second kappa shape index (κ2) is 8.06. The molecule has 7 heteroatoms. The van der Waals surface area contributed by atoms with Crippen LogP contribution in [-0.2, 0) is 10.0 Å². The number of benzene rings is 1. The number of nitrogens with one attached hydrogen (secondary N) is 1. The van der Waals surface area contributed by atoms with Crippen LogP contribution in [0.3, 0.4) is 0 Å². The van der Waals surface area contributed by atoms with Gasteiger partial charge in [-0.3, -0.25) is 4.79 Å². The van der Waals surface area contributed by atoms with Gasteiger partial charge in [0.05, 0.1) is 4.90 Å². The molecule has 0 heterocycles. The van der Waals surface area contributed by atoms with E-state index in [1.54, 1.807) is 12.1 Å². The van der Waals surface area contributed by atoms with E-state index in [1.807, 2.05) is 0 Å². The minimum atomic E-state index is -3.62. The van der Waals surface area contributed by atoms with Gasteiger partial charge in [-0.25, -0.2) is 13.1 Å². The molecule has 0 aliphatic heterocycles. The normalized spacial score (nSPS) is 21.9. The van der Waals surface area contributed by atoms with Gasteiger partial charge in [0, 0.05) is 11.6 Å². The Morgan fingerprint density at radius 1 is 1.32 bits per heavy atom. The lowest BCUT2D eigenvalue weighted by molar-refractivity contribution is 0.101. The van der Waals surface area contributed by atoms with Crippen molar-refractivity contribution in [2.45, 2.75) is 43.5 Å². The zero-order valence-electron chi connectivity index (χ0n) is 12.6. The molecule has 22 heavy (non-hydrogen) atoms. The van der Waals surface area contributed by atoms with Crippen LogP contribution in [0.15, 0.2) is 29.2 Å². The fraction of sp³-hybridized carbons (Fsp3) is 0.533. The van der Waals surface area contributed by atoms with Crippen molar-refractivity contribution in [3.05, 3.63) is 29.8 Å². The van der Waals surface area contributed by atoms with Crippen molar-refractivity contribution in [3.63, 3.8) is 0 Å². The molecule has 2 rings (SSSR count). The zero-order valence-corrected chi connectivity index (χ0v) is 14.3. The van der Waals surface area contributed by atoms with Gasteiger partial charge in [-0.15, -0.1) is 12.4 Å². The molecule has 0 saturated heterocycles. The van der Waals surface area contributed by atoms with Crippen LogP contribution >= 0.6 is 12.4 Å². The van der Waals surface area contributed by atoms with Gasteiger partial charge in [-0.2, -0.15) is 0 Å². The Morgan fingerprint density at radius 2 is 2.00 bits per heavy atom. The number of carbonyl (C=O) groups is 1. The Morgan fingerprint density at radius 3 is 2.64 bits per heavy atom. The first-order valence-electron chi connectivity index (χ1n) is 7.27. The molecule has 0 bridgehead atoms. The number of ketones is 1. The number of Topliss-reactive ketones (excluding diaryl/α,β-unsaturated/α-hetero) is 1. The van der Waals surface area contributed by atoms with Gasteiger partial charge in [-0.1, -0.05) is 25.0 Å². The van der Waals surface area contributed by atoms with Crippen LogP contribution < -0.4 is 10.5 Å². The summed E-state index contributed by atoms with van der Waals surface area (Å²) in [5, 5.41) is 0. The highest BCUT2D eigenvalue weighted by Crippen LogP contribution is 2.25. The molecular weight excluding hydrogens is 324 g/mol. The Kier molecular flexibility index (Phi) is 6.99. The summed E-state index contributed by atoms with van der Waals surface area (Å²) in [7, 11) is -3.62. The molecule has 3 N–H and O–H groups in total. The summed E-state index contributed by atoms with van der Waals surface area (Å²) in [6, 6.07) is 6.02. The summed E-state index contributed by atoms with van der Waals surface area (Å²) in [6.45, 7) is 1.91. The van der Waals surface area contributed by atoms with Crippen LogP contribution in [0.4, 0.5) is 0 Å². The number of halogens is 1. The highest BCUT2D eigenvalue weighted by atomic mass is 35.5. The summed E-state index contributed by atoms with van der Waals surface area (Å²) in [5.41, 5.74) is 6.14. The monoisotopic (exact) mass is 346 g/mol. The summed E-state index contributed by atoms with van der Waals surface area (Å²) in [5.74, 6) is 0.0362. The molecule has 124 valence electrons. The molecule has 2 atom stereocenters. The molecule has 1 aromatic rings. The highest BCUT2D eigenvalue weighted by molar-refractivity contribution is 7.89. The van der Waals surface area contributed by atoms with E-state index in [0.29, 0.717) is 12.1 Å². The van der Waals surface area contributed by atoms with Crippen LogP contribution in [0.2, 0.25) is 0 Å². The second-order valence-corrected chi connectivity index (χ2v) is 7.31. The van der Waals surface area contributed by atoms with Crippen molar-refractivity contribution in [2.24, 2.45) is 11.7 Å². The smallest absolute Gasteiger partial charge is 0.240 e. The number of rotatable bonds is 5. The van der Waals surface area contributed by atoms with Gasteiger partial charge in [-0.05, 0) is 44.4 Å². The SMILES string of the molecule is CC(=O)c1cccc(S(=O)(=O)NC2CCCCC2CN)c1.Cl. The van der Waals surface area contributed by atoms with E-state index >= 15 is 0 Å². The quantitative estimate of drug-likeness (QED) is 0.799. The lowest BCUT2D eigenvalue weighted by Gasteiger charge is -2.31. The van der Waals surface area contributed by atoms with Crippen LogP contribution in [0.25, 0.3) is 0 Å². The van der Waals surface area contributed by atoms with Crippen molar-refractivity contribution in [1.82, 2.24) is 4.72 Å². The first kappa shape index (κ1) is 19.1. The maximum absolute atomic E-state index is 12.5. The Bertz CT molecular complexity index is 619. The maximum atomic E-state index is 12.5. The molecule has 0 amide bonds. The number of hydrogen-bond acceptors (Lipinski definition) is 4. The summed E-state index contributed by atoms with van der Waals surface area (Å²) < 4.78 is 27.7. The minimum absolute atomic E-state index is 0. The van der Waals surface area contributed by atoms with Crippen LogP contribution in [0, 0.1) is 5.92 Å². The van der Waals surface area contributed by atoms with Crippen LogP contribution in [0.1, 0.15) is 43.0 Å². The van der Waals surface area contributed by atoms with Crippen LogP contribution in [0.5, 0.6) is 0 Å². The fourth-order valence-corrected chi connectivity index (χ4v) is 4.18. The standard InChI is InChI=1S/C15H22N2O3S.ClH/c1-11(18)12-6-4-7-14(9-12)21(19,20)17-15-8-3-2-5-13(15)10-16;/h4,6-7,9,13,15,17H,2-3,5,8,10,16H2,1H3;1H. The van der Waals surface area contributed by atoms with E-state index in [2.05, 4.69) is 4.72 Å². The summed E-state index contributed by atoms with van der Waals surface area (Å²) >= 11 is 0. The van der Waals surface area contributed by atoms with Gasteiger partial charge < -0.3 is 5.73 Å². The molecule has 1 aliphatic carbocycles. The molecule has 0 aromatic heterocycles. The largest absolute Gasteiger partial charge is 0.330 e. The molecular formula is C15H23ClN2O3S. The molecule has 1 aromatic carbocycles. The number of sulfonamides is 1. The first-order chi connectivity index (χ1) is 9.94. The molecule has 0 radical (unpaired) electrons. The topological polar surface area (TPSA) is 89.3 Å². The van der Waals surface area contributed by atoms with Crippen molar-refractivity contribution >= 4 is 28.2 Å². The average molecular weight is 347 g/mol. The summed E-state index contributed by atoms with van der Waals surface area (Å²) in [4.78, 5) is 11.5. The van der Waals surface area contributed by atoms with E-state index in [9.17, 15) is 13.2 Å². The van der Waals surface area contributed by atoms with Crippen LogP contribution in [-0.4, -0.2) is 26.8 Å². The predicted octanol–water partition coefficient (Wildman–Crippen LogP) is 2.11. The second-order valence-electron chi connectivity index (χ2n) is 5.59.